The highest BCUT2D eigenvalue weighted by molar-refractivity contribution is 7.98. The molecule has 0 unspecified atom stereocenters. The van der Waals surface area contributed by atoms with E-state index >= 15 is 0 Å². The van der Waals surface area contributed by atoms with Gasteiger partial charge in [0.15, 0.2) is 0 Å². The van der Waals surface area contributed by atoms with Crippen LogP contribution in [-0.4, -0.2) is 34.0 Å². The van der Waals surface area contributed by atoms with Crippen LogP contribution in [0.1, 0.15) is 24.0 Å². The number of rotatable bonds is 10. The number of hydrogen-bond donors (Lipinski definition) is 2. The van der Waals surface area contributed by atoms with Crippen LogP contribution in [0, 0.1) is 0 Å². The van der Waals surface area contributed by atoms with Crippen molar-refractivity contribution < 1.29 is 8.42 Å². The Morgan fingerprint density at radius 2 is 1.75 bits per heavy atom. The van der Waals surface area contributed by atoms with Crippen LogP contribution in [0.5, 0.6) is 0 Å². The fourth-order valence-corrected chi connectivity index (χ4v) is 3.51. The first-order chi connectivity index (χ1) is 9.57. The van der Waals surface area contributed by atoms with Gasteiger partial charge in [-0.3, -0.25) is 0 Å². The SMILES string of the molecule is CNCc1ccc(CS(=O)(=O)NCCCCSC)cc1. The largest absolute Gasteiger partial charge is 0.316 e. The van der Waals surface area contributed by atoms with Crippen LogP contribution in [0.4, 0.5) is 0 Å². The Kier molecular flexibility index (Phi) is 8.21. The molecule has 0 fully saturated rings. The summed E-state index contributed by atoms with van der Waals surface area (Å²) in [5.41, 5.74) is 1.97. The summed E-state index contributed by atoms with van der Waals surface area (Å²) in [6.07, 6.45) is 3.99. The van der Waals surface area contributed by atoms with E-state index in [1.54, 1.807) is 11.8 Å². The van der Waals surface area contributed by atoms with Crippen LogP contribution in [0.3, 0.4) is 0 Å². The standard InChI is InChI=1S/C14H24N2O2S2/c1-15-11-13-5-7-14(8-6-13)12-20(17,18)16-9-3-4-10-19-2/h5-8,15-16H,3-4,9-12H2,1-2H3. The van der Waals surface area contributed by atoms with Gasteiger partial charge in [-0.05, 0) is 43.0 Å². The minimum Gasteiger partial charge on any atom is -0.316 e. The molecular weight excluding hydrogens is 292 g/mol. The predicted molar refractivity (Wildman–Crippen MR) is 87.4 cm³/mol. The van der Waals surface area contributed by atoms with Gasteiger partial charge in [0.2, 0.25) is 10.0 Å². The molecule has 4 nitrogen and oxygen atoms in total. The maximum atomic E-state index is 11.9. The Labute approximate surface area is 126 Å². The third-order valence-corrected chi connectivity index (χ3v) is 4.91. The molecule has 0 bridgehead atoms. The molecule has 0 aliphatic carbocycles. The van der Waals surface area contributed by atoms with E-state index < -0.39 is 10.0 Å². The average molecular weight is 316 g/mol. The number of benzene rings is 1. The van der Waals surface area contributed by atoms with Gasteiger partial charge in [0, 0.05) is 13.1 Å². The first-order valence-corrected chi connectivity index (χ1v) is 9.80. The monoisotopic (exact) mass is 316 g/mol. The van der Waals surface area contributed by atoms with Gasteiger partial charge >= 0.3 is 0 Å². The lowest BCUT2D eigenvalue weighted by Gasteiger charge is -2.07. The van der Waals surface area contributed by atoms with Crippen molar-refractivity contribution in [2.75, 3.05) is 25.6 Å². The topological polar surface area (TPSA) is 58.2 Å². The highest BCUT2D eigenvalue weighted by Crippen LogP contribution is 2.08. The van der Waals surface area contributed by atoms with Gasteiger partial charge in [-0.25, -0.2) is 13.1 Å². The van der Waals surface area contributed by atoms with Gasteiger partial charge in [0.1, 0.15) is 0 Å². The Hall–Kier alpha value is -0.560. The molecule has 20 heavy (non-hydrogen) atoms. The van der Waals surface area contributed by atoms with E-state index in [9.17, 15) is 8.42 Å². The van der Waals surface area contributed by atoms with Crippen LogP contribution >= 0.6 is 11.8 Å². The number of sulfonamides is 1. The Balaban J connectivity index is 2.41. The Morgan fingerprint density at radius 3 is 2.35 bits per heavy atom. The summed E-state index contributed by atoms with van der Waals surface area (Å²) in [5.74, 6) is 1.13. The van der Waals surface area contributed by atoms with E-state index in [0.717, 1.165) is 36.3 Å². The van der Waals surface area contributed by atoms with E-state index in [1.807, 2.05) is 31.3 Å². The van der Waals surface area contributed by atoms with Crippen molar-refractivity contribution in [3.8, 4) is 0 Å². The lowest BCUT2D eigenvalue weighted by molar-refractivity contribution is 0.577. The zero-order valence-corrected chi connectivity index (χ0v) is 13.8. The fourth-order valence-electron chi connectivity index (χ4n) is 1.83. The summed E-state index contributed by atoms with van der Waals surface area (Å²) in [6, 6.07) is 7.67. The molecule has 0 aliphatic heterocycles. The molecule has 1 aromatic carbocycles. The second-order valence-electron chi connectivity index (χ2n) is 4.70. The number of nitrogens with one attached hydrogen (secondary N) is 2. The van der Waals surface area contributed by atoms with Crippen LogP contribution in [-0.2, 0) is 22.3 Å². The smallest absolute Gasteiger partial charge is 0.215 e. The van der Waals surface area contributed by atoms with E-state index in [4.69, 9.17) is 0 Å². The van der Waals surface area contributed by atoms with Crippen molar-refractivity contribution in [3.63, 3.8) is 0 Å². The second kappa shape index (κ2) is 9.39. The first-order valence-electron chi connectivity index (χ1n) is 6.76. The molecule has 2 N–H and O–H groups in total. The molecule has 0 heterocycles. The summed E-state index contributed by atoms with van der Waals surface area (Å²) < 4.78 is 26.5. The minimum atomic E-state index is -3.22. The van der Waals surface area contributed by atoms with Crippen molar-refractivity contribution in [1.29, 1.82) is 0 Å². The maximum Gasteiger partial charge on any atom is 0.215 e. The van der Waals surface area contributed by atoms with Gasteiger partial charge in [-0.2, -0.15) is 11.8 Å². The Bertz CT molecular complexity index is 472. The van der Waals surface area contributed by atoms with Crippen LogP contribution in [0.15, 0.2) is 24.3 Å². The van der Waals surface area contributed by atoms with Gasteiger partial charge in [-0.15, -0.1) is 0 Å². The molecule has 0 atom stereocenters. The average Bonchev–Trinajstić information content (AvgIpc) is 2.41. The molecule has 0 amide bonds. The van der Waals surface area contributed by atoms with Gasteiger partial charge in [0.05, 0.1) is 5.75 Å². The fraction of sp³-hybridized carbons (Fsp3) is 0.571. The van der Waals surface area contributed by atoms with Crippen molar-refractivity contribution in [3.05, 3.63) is 35.4 Å². The molecule has 0 saturated carbocycles. The molecule has 0 saturated heterocycles. The molecule has 0 radical (unpaired) electrons. The van der Waals surface area contributed by atoms with Crippen molar-refractivity contribution in [1.82, 2.24) is 10.0 Å². The van der Waals surface area contributed by atoms with E-state index in [0.29, 0.717) is 6.54 Å². The zero-order chi connectivity index (χ0) is 14.8. The lowest BCUT2D eigenvalue weighted by atomic mass is 10.1. The van der Waals surface area contributed by atoms with Crippen LogP contribution in [0.2, 0.25) is 0 Å². The molecule has 0 aliphatic rings. The van der Waals surface area contributed by atoms with E-state index in [-0.39, 0.29) is 5.75 Å². The molecule has 6 heteroatoms. The van der Waals surface area contributed by atoms with Gasteiger partial charge in [-0.1, -0.05) is 24.3 Å². The molecule has 114 valence electrons. The summed E-state index contributed by atoms with van der Waals surface area (Å²) in [7, 11) is -1.33. The summed E-state index contributed by atoms with van der Waals surface area (Å²) in [6.45, 7) is 1.32. The molecule has 1 rings (SSSR count). The zero-order valence-electron chi connectivity index (χ0n) is 12.2. The van der Waals surface area contributed by atoms with Crippen molar-refractivity contribution >= 4 is 21.8 Å². The molecule has 0 spiro atoms. The number of hydrogen-bond acceptors (Lipinski definition) is 4. The number of thioether (sulfide) groups is 1. The van der Waals surface area contributed by atoms with Crippen molar-refractivity contribution in [2.45, 2.75) is 25.1 Å². The van der Waals surface area contributed by atoms with E-state index in [1.165, 1.54) is 0 Å². The Morgan fingerprint density at radius 1 is 1.10 bits per heavy atom. The quantitative estimate of drug-likeness (QED) is 0.648. The third kappa shape index (κ3) is 7.28. The highest BCUT2D eigenvalue weighted by Gasteiger charge is 2.10. The second-order valence-corrected chi connectivity index (χ2v) is 7.49. The first kappa shape index (κ1) is 17.5. The predicted octanol–water partition coefficient (Wildman–Crippen LogP) is 1.97. The van der Waals surface area contributed by atoms with Gasteiger partial charge < -0.3 is 5.32 Å². The lowest BCUT2D eigenvalue weighted by Crippen LogP contribution is -2.26. The molecular formula is C14H24N2O2S2. The van der Waals surface area contributed by atoms with Crippen molar-refractivity contribution in [2.24, 2.45) is 0 Å². The minimum absolute atomic E-state index is 0.0510. The number of unbranched alkanes of at least 4 members (excludes halogenated alkanes) is 1. The summed E-state index contributed by atoms with van der Waals surface area (Å²) in [4.78, 5) is 0. The normalized spacial score (nSPS) is 11.7. The van der Waals surface area contributed by atoms with Crippen LogP contribution < -0.4 is 10.0 Å². The van der Waals surface area contributed by atoms with Gasteiger partial charge in [0.25, 0.3) is 0 Å². The molecule has 1 aromatic rings. The highest BCUT2D eigenvalue weighted by atomic mass is 32.2. The van der Waals surface area contributed by atoms with Crippen LogP contribution in [0.25, 0.3) is 0 Å². The summed E-state index contributed by atoms with van der Waals surface area (Å²) >= 11 is 1.79. The van der Waals surface area contributed by atoms with E-state index in [2.05, 4.69) is 16.3 Å². The third-order valence-electron chi connectivity index (χ3n) is 2.86. The molecule has 0 aromatic heterocycles. The maximum absolute atomic E-state index is 11.9. The summed E-state index contributed by atoms with van der Waals surface area (Å²) in [5, 5.41) is 3.06.